The Hall–Kier alpha value is -3.51. The van der Waals surface area contributed by atoms with Crippen LogP contribution in [0.2, 0.25) is 10.6 Å². The highest BCUT2D eigenvalue weighted by Crippen LogP contribution is 2.38. The van der Waals surface area contributed by atoms with E-state index in [1.54, 1.807) is 6.92 Å². The molecule has 0 radical (unpaired) electrons. The number of aromatic nitrogens is 6. The molecule has 0 atom stereocenters. The summed E-state index contributed by atoms with van der Waals surface area (Å²) < 4.78 is 70.5. The summed E-state index contributed by atoms with van der Waals surface area (Å²) in [4.78, 5) is 22.7. The molecule has 18 nitrogen and oxygen atoms in total. The topological polar surface area (TPSA) is 261 Å². The molecule has 4 aromatic rings. The molecule has 6 N–H and O–H groups in total. The number of halogens is 2. The minimum atomic E-state index is -4.90. The zero-order valence-corrected chi connectivity index (χ0v) is 24.4. The maximum atomic E-state index is 12.3. The van der Waals surface area contributed by atoms with Gasteiger partial charge in [0.25, 0.3) is 20.2 Å². The molecule has 0 aliphatic heterocycles. The largest absolute Gasteiger partial charge is 0.324 e. The number of aryl methyl sites for hydroxylation is 1. The molecule has 2 aromatic carbocycles. The minimum Gasteiger partial charge on any atom is -0.324 e. The molecule has 23 heteroatoms. The first-order valence-electron chi connectivity index (χ1n) is 10.7. The first-order valence-corrected chi connectivity index (χ1v) is 15.1. The SMILES string of the molecule is Cc1nc(Cl)nc(Nc2cc(Nc3nc(Cl)nc(Nc4ccc(S(=O)(=O)O)cc4)n3)c(S(=O)(=O)O)cc2SOOO)n1. The van der Waals surface area contributed by atoms with Crippen LogP contribution < -0.4 is 16.0 Å². The molecule has 0 saturated carbocycles. The number of rotatable bonds is 11. The third-order valence-electron chi connectivity index (χ3n) is 4.74. The number of hydrogen-bond donors (Lipinski definition) is 6. The van der Waals surface area contributed by atoms with Crippen LogP contribution in [0.1, 0.15) is 5.82 Å². The molecule has 0 saturated heterocycles. The van der Waals surface area contributed by atoms with E-state index < -0.39 is 25.1 Å². The average Bonchev–Trinajstić information content (AvgIpc) is 2.86. The lowest BCUT2D eigenvalue weighted by Crippen LogP contribution is -2.09. The van der Waals surface area contributed by atoms with Gasteiger partial charge < -0.3 is 16.0 Å². The fraction of sp³-hybridized carbons (Fsp3) is 0.0526. The molecule has 222 valence electrons. The van der Waals surface area contributed by atoms with Crippen LogP contribution in [0.15, 0.2) is 51.1 Å². The third-order valence-corrected chi connectivity index (χ3v) is 7.49. The van der Waals surface area contributed by atoms with Gasteiger partial charge >= 0.3 is 0 Å². The molecule has 0 bridgehead atoms. The summed E-state index contributed by atoms with van der Waals surface area (Å²) in [6.07, 6.45) is 0. The van der Waals surface area contributed by atoms with Crippen LogP contribution in [0.4, 0.5) is 34.9 Å². The van der Waals surface area contributed by atoms with Gasteiger partial charge in [0.2, 0.25) is 28.4 Å². The van der Waals surface area contributed by atoms with Crippen molar-refractivity contribution in [2.45, 2.75) is 21.6 Å². The lowest BCUT2D eigenvalue weighted by Gasteiger charge is -2.16. The molecule has 4 rings (SSSR count). The van der Waals surface area contributed by atoms with Crippen LogP contribution in [-0.2, 0) is 29.6 Å². The van der Waals surface area contributed by atoms with Crippen molar-refractivity contribution in [1.82, 2.24) is 29.9 Å². The molecular weight excluding hydrogens is 665 g/mol. The van der Waals surface area contributed by atoms with Gasteiger partial charge in [0.05, 0.1) is 33.2 Å². The second kappa shape index (κ2) is 12.8. The number of nitrogens with zero attached hydrogens (tertiary/aromatic N) is 6. The Balaban J connectivity index is 1.73. The van der Waals surface area contributed by atoms with E-state index in [2.05, 4.69) is 55.2 Å². The Morgan fingerprint density at radius 3 is 1.90 bits per heavy atom. The zero-order chi connectivity index (χ0) is 30.7. The molecule has 0 amide bonds. The normalized spacial score (nSPS) is 11.8. The van der Waals surface area contributed by atoms with Gasteiger partial charge in [0.15, 0.2) is 0 Å². The van der Waals surface area contributed by atoms with Crippen molar-refractivity contribution < 1.29 is 40.6 Å². The summed E-state index contributed by atoms with van der Waals surface area (Å²) in [7, 11) is -9.32. The first kappa shape index (κ1) is 31.4. The van der Waals surface area contributed by atoms with Crippen LogP contribution in [0.25, 0.3) is 0 Å². The van der Waals surface area contributed by atoms with E-state index in [9.17, 15) is 21.4 Å². The standard InChI is InChI=1S/C19H15Cl2N9O9S3/c1-8-22-15(20)27-17(23-8)25-11-6-12(14(42(35,36)37)7-13(11)40-39-38-31)26-19-29-16(21)28-18(30-19)24-9-2-4-10(5-3-9)41(32,33)34/h2-7,31H,1H3,(H,32,33,34)(H,35,36,37)(H,22,23,25,27)(H2,24,26,28,29,30). The molecule has 42 heavy (non-hydrogen) atoms. The van der Waals surface area contributed by atoms with E-state index in [-0.39, 0.29) is 55.4 Å². The summed E-state index contributed by atoms with van der Waals surface area (Å²) in [5.41, 5.74) is 0.0717. The fourth-order valence-electron chi connectivity index (χ4n) is 3.14. The average molecular weight is 680 g/mol. The quantitative estimate of drug-likeness (QED) is 0.0569. The highest BCUT2D eigenvalue weighted by Gasteiger charge is 2.22. The van der Waals surface area contributed by atoms with Crippen molar-refractivity contribution in [3.8, 4) is 0 Å². The highest BCUT2D eigenvalue weighted by atomic mass is 35.5. The lowest BCUT2D eigenvalue weighted by atomic mass is 10.2. The molecule has 0 unspecified atom stereocenters. The number of hydrogen-bond acceptors (Lipinski definition) is 17. The van der Waals surface area contributed by atoms with E-state index in [1.165, 1.54) is 18.2 Å². The maximum absolute atomic E-state index is 12.3. The van der Waals surface area contributed by atoms with Gasteiger partial charge in [0, 0.05) is 5.69 Å². The predicted octanol–water partition coefficient (Wildman–Crippen LogP) is 3.82. The number of anilines is 6. The smallest absolute Gasteiger partial charge is 0.296 e. The molecule has 0 aliphatic carbocycles. The minimum absolute atomic E-state index is 0.0409. The van der Waals surface area contributed by atoms with Crippen LogP contribution >= 0.6 is 35.2 Å². The van der Waals surface area contributed by atoms with Gasteiger partial charge in [0.1, 0.15) is 10.7 Å². The number of nitrogens with one attached hydrogen (secondary N) is 3. The van der Waals surface area contributed by atoms with Crippen LogP contribution in [0.3, 0.4) is 0 Å². The molecule has 0 spiro atoms. The highest BCUT2D eigenvalue weighted by molar-refractivity contribution is 7.94. The summed E-state index contributed by atoms with van der Waals surface area (Å²) in [5.74, 6) is -0.251. The van der Waals surface area contributed by atoms with Crippen molar-refractivity contribution in [1.29, 1.82) is 0 Å². The zero-order valence-electron chi connectivity index (χ0n) is 20.4. The Labute approximate surface area is 250 Å². The van der Waals surface area contributed by atoms with E-state index in [0.717, 1.165) is 18.2 Å². The molecule has 2 aromatic heterocycles. The number of benzene rings is 2. The monoisotopic (exact) mass is 679 g/mol. The summed E-state index contributed by atoms with van der Waals surface area (Å²) >= 11 is 12.3. The van der Waals surface area contributed by atoms with Crippen LogP contribution in [-0.4, -0.2) is 61.1 Å². The second-order valence-electron chi connectivity index (χ2n) is 7.65. The summed E-state index contributed by atoms with van der Waals surface area (Å²) in [6, 6.07) is 7.01. The Morgan fingerprint density at radius 1 is 0.762 bits per heavy atom. The van der Waals surface area contributed by atoms with E-state index in [1.807, 2.05) is 0 Å². The van der Waals surface area contributed by atoms with Crippen molar-refractivity contribution in [2.24, 2.45) is 0 Å². The molecule has 2 heterocycles. The van der Waals surface area contributed by atoms with E-state index >= 15 is 0 Å². The summed E-state index contributed by atoms with van der Waals surface area (Å²) in [6.45, 7) is 1.55. The molecule has 0 aliphatic rings. The molecular formula is C19H15Cl2N9O9S3. The fourth-order valence-corrected chi connectivity index (χ4v) is 5.18. The van der Waals surface area contributed by atoms with Crippen molar-refractivity contribution in [3.63, 3.8) is 0 Å². The van der Waals surface area contributed by atoms with Gasteiger partial charge in [-0.15, -0.1) is 4.33 Å². The van der Waals surface area contributed by atoms with Gasteiger partial charge in [-0.3, -0.25) is 9.11 Å². The maximum Gasteiger partial charge on any atom is 0.296 e. The predicted molar refractivity (Wildman–Crippen MR) is 147 cm³/mol. The van der Waals surface area contributed by atoms with Crippen molar-refractivity contribution in [2.75, 3.05) is 16.0 Å². The van der Waals surface area contributed by atoms with E-state index in [0.29, 0.717) is 17.7 Å². The first-order chi connectivity index (χ1) is 19.7. The van der Waals surface area contributed by atoms with Crippen molar-refractivity contribution in [3.05, 3.63) is 52.8 Å². The second-order valence-corrected chi connectivity index (χ2v) is 11.9. The lowest BCUT2D eigenvalue weighted by molar-refractivity contribution is -0.432. The third kappa shape index (κ3) is 8.28. The van der Waals surface area contributed by atoms with Gasteiger partial charge in [-0.1, -0.05) is 5.04 Å². The van der Waals surface area contributed by atoms with Crippen LogP contribution in [0, 0.1) is 6.92 Å². The Kier molecular flexibility index (Phi) is 9.56. The summed E-state index contributed by atoms with van der Waals surface area (Å²) in [5, 5.41) is 19.9. The Morgan fingerprint density at radius 2 is 1.33 bits per heavy atom. The van der Waals surface area contributed by atoms with Gasteiger partial charge in [-0.05, 0) is 66.5 Å². The molecule has 0 fully saturated rings. The Bertz CT molecular complexity index is 1830. The van der Waals surface area contributed by atoms with Crippen molar-refractivity contribution >= 4 is 90.4 Å². The van der Waals surface area contributed by atoms with Gasteiger partial charge in [-0.2, -0.15) is 41.8 Å². The van der Waals surface area contributed by atoms with Crippen LogP contribution in [0.5, 0.6) is 0 Å². The van der Waals surface area contributed by atoms with E-state index in [4.69, 9.17) is 33.0 Å². The van der Waals surface area contributed by atoms with Gasteiger partial charge in [-0.25, -0.2) is 10.2 Å².